The minimum atomic E-state index is -0.250. The lowest BCUT2D eigenvalue weighted by atomic mass is 10.1. The van der Waals surface area contributed by atoms with Crippen molar-refractivity contribution in [3.63, 3.8) is 0 Å². The van der Waals surface area contributed by atoms with Gasteiger partial charge in [-0.2, -0.15) is 5.10 Å². The van der Waals surface area contributed by atoms with Crippen LogP contribution in [0.5, 0.6) is 0 Å². The molecule has 40 heavy (non-hydrogen) atoms. The van der Waals surface area contributed by atoms with Gasteiger partial charge in [0, 0.05) is 38.8 Å². The zero-order valence-corrected chi connectivity index (χ0v) is 24.1. The Labute approximate surface area is 236 Å². The van der Waals surface area contributed by atoms with Gasteiger partial charge in [-0.25, -0.2) is 4.68 Å². The Balaban J connectivity index is 0.000000222. The van der Waals surface area contributed by atoms with Crippen molar-refractivity contribution >= 4 is 11.9 Å². The van der Waals surface area contributed by atoms with Crippen molar-refractivity contribution < 1.29 is 14.3 Å². The number of aromatic nitrogens is 2. The van der Waals surface area contributed by atoms with Gasteiger partial charge in [0.15, 0.2) is 0 Å². The van der Waals surface area contributed by atoms with Gasteiger partial charge in [-0.15, -0.1) is 0 Å². The van der Waals surface area contributed by atoms with Crippen LogP contribution in [0.25, 0.3) is 0 Å². The van der Waals surface area contributed by atoms with Crippen molar-refractivity contribution in [3.8, 4) is 0 Å². The number of esters is 1. The van der Waals surface area contributed by atoms with Crippen molar-refractivity contribution in [2.75, 3.05) is 46.4 Å². The zero-order chi connectivity index (χ0) is 28.9. The molecule has 1 aliphatic heterocycles. The van der Waals surface area contributed by atoms with E-state index in [1.54, 1.807) is 13.0 Å². The molecule has 2 heterocycles. The SMILES string of the molecule is CCOC(=O)Cc1cccc(Cn2nc(C)ccc2=O)c1.Cc1cccc(CNC(=O)CN2CCN(C)CC2)c1. The molecule has 1 N–H and O–H groups in total. The van der Waals surface area contributed by atoms with E-state index in [0.29, 0.717) is 26.2 Å². The predicted molar refractivity (Wildman–Crippen MR) is 156 cm³/mol. The van der Waals surface area contributed by atoms with E-state index in [0.717, 1.165) is 48.6 Å². The van der Waals surface area contributed by atoms with Crippen LogP contribution in [0.2, 0.25) is 0 Å². The molecule has 4 rings (SSSR count). The third-order valence-electron chi connectivity index (χ3n) is 6.51. The first kappa shape index (κ1) is 30.7. The van der Waals surface area contributed by atoms with Crippen LogP contribution in [0.4, 0.5) is 0 Å². The van der Waals surface area contributed by atoms with Crippen molar-refractivity contribution in [2.24, 2.45) is 0 Å². The average molecular weight is 548 g/mol. The van der Waals surface area contributed by atoms with Crippen molar-refractivity contribution in [1.29, 1.82) is 0 Å². The number of nitrogens with one attached hydrogen (secondary N) is 1. The number of likely N-dealkylation sites (N-methyl/N-ethyl adjacent to an activating group) is 1. The number of amides is 1. The lowest BCUT2D eigenvalue weighted by Crippen LogP contribution is -2.48. The van der Waals surface area contributed by atoms with E-state index in [4.69, 9.17) is 4.74 Å². The van der Waals surface area contributed by atoms with Gasteiger partial charge in [0.2, 0.25) is 5.91 Å². The van der Waals surface area contributed by atoms with Crippen LogP contribution in [-0.2, 0) is 33.8 Å². The molecule has 2 aromatic carbocycles. The van der Waals surface area contributed by atoms with E-state index in [-0.39, 0.29) is 23.9 Å². The molecule has 0 aliphatic carbocycles. The standard InChI is InChI=1S/C16H18N2O3.C15H23N3O/c1-3-21-16(20)10-13-5-4-6-14(9-13)11-18-15(19)8-7-12(2)17-18;1-13-4-3-5-14(10-13)11-16-15(19)12-18-8-6-17(2)7-9-18/h4-9H,3,10-11H2,1-2H3;3-5,10H,6-9,11-12H2,1-2H3,(H,16,19). The van der Waals surface area contributed by atoms with Gasteiger partial charge in [-0.1, -0.05) is 54.1 Å². The van der Waals surface area contributed by atoms with Gasteiger partial charge in [-0.3, -0.25) is 19.3 Å². The normalized spacial score (nSPS) is 13.7. The number of carbonyl (C=O) groups excluding carboxylic acids is 2. The van der Waals surface area contributed by atoms with Gasteiger partial charge >= 0.3 is 5.97 Å². The smallest absolute Gasteiger partial charge is 0.310 e. The zero-order valence-electron chi connectivity index (χ0n) is 24.1. The largest absolute Gasteiger partial charge is 0.466 e. The Hall–Kier alpha value is -3.82. The maximum Gasteiger partial charge on any atom is 0.310 e. The van der Waals surface area contributed by atoms with Gasteiger partial charge in [0.25, 0.3) is 5.56 Å². The third-order valence-corrected chi connectivity index (χ3v) is 6.51. The summed E-state index contributed by atoms with van der Waals surface area (Å²) in [7, 11) is 2.12. The molecule has 1 saturated heterocycles. The molecule has 0 bridgehead atoms. The van der Waals surface area contributed by atoms with Crippen LogP contribution in [0.15, 0.2) is 65.5 Å². The molecule has 1 aliphatic rings. The second-order valence-corrected chi connectivity index (χ2v) is 10.1. The second-order valence-electron chi connectivity index (χ2n) is 10.1. The molecule has 1 aromatic heterocycles. The first-order valence-electron chi connectivity index (χ1n) is 13.7. The molecule has 214 valence electrons. The highest BCUT2D eigenvalue weighted by atomic mass is 16.5. The number of ether oxygens (including phenoxy) is 1. The molecule has 0 unspecified atom stereocenters. The molecular weight excluding hydrogens is 506 g/mol. The summed E-state index contributed by atoms with van der Waals surface area (Å²) < 4.78 is 6.35. The molecule has 9 heteroatoms. The van der Waals surface area contributed by atoms with E-state index < -0.39 is 0 Å². The maximum absolute atomic E-state index is 11.9. The number of hydrogen-bond donors (Lipinski definition) is 1. The van der Waals surface area contributed by atoms with Crippen LogP contribution < -0.4 is 10.9 Å². The summed E-state index contributed by atoms with van der Waals surface area (Å²) in [5.41, 5.74) is 4.83. The van der Waals surface area contributed by atoms with Gasteiger partial charge in [0.1, 0.15) is 0 Å². The molecule has 3 aromatic rings. The molecular formula is C31H41N5O4. The maximum atomic E-state index is 11.9. The fourth-order valence-electron chi connectivity index (χ4n) is 4.34. The molecule has 0 spiro atoms. The highest BCUT2D eigenvalue weighted by molar-refractivity contribution is 5.78. The Bertz CT molecular complexity index is 1310. The fraction of sp³-hybridized carbons (Fsp3) is 0.419. The molecule has 9 nitrogen and oxygen atoms in total. The molecule has 0 saturated carbocycles. The summed E-state index contributed by atoms with van der Waals surface area (Å²) >= 11 is 0. The number of benzene rings is 2. The second kappa shape index (κ2) is 15.7. The van der Waals surface area contributed by atoms with Gasteiger partial charge in [0.05, 0.1) is 31.8 Å². The van der Waals surface area contributed by atoms with E-state index >= 15 is 0 Å². The quantitative estimate of drug-likeness (QED) is 0.412. The number of rotatable bonds is 9. The summed E-state index contributed by atoms with van der Waals surface area (Å²) in [6.45, 7) is 11.6. The first-order chi connectivity index (χ1) is 19.2. The van der Waals surface area contributed by atoms with E-state index in [9.17, 15) is 14.4 Å². The van der Waals surface area contributed by atoms with Gasteiger partial charge in [-0.05, 0) is 50.6 Å². The highest BCUT2D eigenvalue weighted by Crippen LogP contribution is 2.08. The minimum absolute atomic E-state index is 0.117. The molecule has 1 fully saturated rings. The molecule has 0 atom stereocenters. The van der Waals surface area contributed by atoms with Crippen LogP contribution >= 0.6 is 0 Å². The summed E-state index contributed by atoms with van der Waals surface area (Å²) in [6, 6.07) is 19.0. The van der Waals surface area contributed by atoms with Crippen molar-refractivity contribution in [1.82, 2.24) is 24.9 Å². The van der Waals surface area contributed by atoms with E-state index in [1.165, 1.54) is 16.3 Å². The first-order valence-corrected chi connectivity index (χ1v) is 13.7. The van der Waals surface area contributed by atoms with E-state index in [1.807, 2.05) is 43.3 Å². The predicted octanol–water partition coefficient (Wildman–Crippen LogP) is 2.56. The van der Waals surface area contributed by atoms with Crippen molar-refractivity contribution in [2.45, 2.75) is 40.3 Å². The number of carbonyl (C=O) groups is 2. The van der Waals surface area contributed by atoms with Crippen LogP contribution in [0, 0.1) is 13.8 Å². The number of aryl methyl sites for hydroxylation is 2. The summed E-state index contributed by atoms with van der Waals surface area (Å²) in [4.78, 5) is 39.6. The number of nitrogens with zero attached hydrogens (tertiary/aromatic N) is 4. The average Bonchev–Trinajstić information content (AvgIpc) is 2.92. The topological polar surface area (TPSA) is 96.8 Å². The van der Waals surface area contributed by atoms with Crippen molar-refractivity contribution in [3.05, 3.63) is 99.0 Å². The Morgan fingerprint density at radius 2 is 1.62 bits per heavy atom. The third kappa shape index (κ3) is 10.7. The monoisotopic (exact) mass is 547 g/mol. The highest BCUT2D eigenvalue weighted by Gasteiger charge is 2.16. The Morgan fingerprint density at radius 1 is 0.925 bits per heavy atom. The minimum Gasteiger partial charge on any atom is -0.466 e. The van der Waals surface area contributed by atoms with Crippen LogP contribution in [0.3, 0.4) is 0 Å². The number of hydrogen-bond acceptors (Lipinski definition) is 7. The Morgan fingerprint density at radius 3 is 2.35 bits per heavy atom. The summed E-state index contributed by atoms with van der Waals surface area (Å²) in [6.07, 6.45) is 0.234. The lowest BCUT2D eigenvalue weighted by Gasteiger charge is -2.31. The Kier molecular flexibility index (Phi) is 12.0. The number of piperazine rings is 1. The molecule has 0 radical (unpaired) electrons. The molecule has 1 amide bonds. The summed E-state index contributed by atoms with van der Waals surface area (Å²) in [5, 5.41) is 7.19. The fourth-order valence-corrected chi connectivity index (χ4v) is 4.34. The summed E-state index contributed by atoms with van der Waals surface area (Å²) in [5.74, 6) is -0.133. The van der Waals surface area contributed by atoms with Gasteiger partial charge < -0.3 is 15.0 Å². The van der Waals surface area contributed by atoms with Crippen LogP contribution in [0.1, 0.15) is 34.9 Å². The van der Waals surface area contributed by atoms with Crippen LogP contribution in [-0.4, -0.2) is 77.8 Å². The lowest BCUT2D eigenvalue weighted by molar-refractivity contribution is -0.142. The van der Waals surface area contributed by atoms with E-state index in [2.05, 4.69) is 46.3 Å².